The van der Waals surface area contributed by atoms with Gasteiger partial charge in [0.15, 0.2) is 40.1 Å². The summed E-state index contributed by atoms with van der Waals surface area (Å²) in [7, 11) is 0. The van der Waals surface area contributed by atoms with Gasteiger partial charge in [0.1, 0.15) is 0 Å². The lowest BCUT2D eigenvalue weighted by Crippen LogP contribution is -2.42. The fourth-order valence-electron chi connectivity index (χ4n) is 8.91. The number of phenolic OH excluding ortho intramolecular Hbond substituents is 3. The molecule has 79 heavy (non-hydrogen) atoms. The van der Waals surface area contributed by atoms with Gasteiger partial charge in [0, 0.05) is 39.3 Å². The van der Waals surface area contributed by atoms with Gasteiger partial charge in [0.2, 0.25) is 0 Å². The first-order chi connectivity index (χ1) is 38.4. The van der Waals surface area contributed by atoms with Crippen LogP contribution in [0, 0.1) is 0 Å². The third-order valence-electron chi connectivity index (χ3n) is 13.6. The number of hydrogen-bond acceptors (Lipinski definition) is 16. The maximum absolute atomic E-state index is 10.3. The molecule has 3 fully saturated rings. The number of carbonyl (C=O) groups is 3. The molecule has 3 aromatic rings. The van der Waals surface area contributed by atoms with Gasteiger partial charge in [-0.1, -0.05) is 113 Å². The number of hydrogen-bond donors (Lipinski definition) is 7. The summed E-state index contributed by atoms with van der Waals surface area (Å²) in [4.78, 5) is 38.0. The van der Waals surface area contributed by atoms with E-state index in [1.807, 2.05) is 18.2 Å². The van der Waals surface area contributed by atoms with Crippen molar-refractivity contribution in [3.63, 3.8) is 0 Å². The lowest BCUT2D eigenvalue weighted by atomic mass is 9.96. The van der Waals surface area contributed by atoms with E-state index >= 15 is 0 Å². The van der Waals surface area contributed by atoms with Gasteiger partial charge >= 0.3 is 17.9 Å². The van der Waals surface area contributed by atoms with Crippen molar-refractivity contribution >= 4 is 17.9 Å². The Balaban J connectivity index is 0.000000282. The Morgan fingerprint density at radius 2 is 0.633 bits per heavy atom. The highest BCUT2D eigenvalue weighted by Crippen LogP contribution is 2.27. The van der Waals surface area contributed by atoms with E-state index in [0.717, 1.165) is 98.2 Å². The zero-order chi connectivity index (χ0) is 57.0. The van der Waals surface area contributed by atoms with Crippen LogP contribution in [0.25, 0.3) is 0 Å². The Kier molecular flexibility index (Phi) is 37.3. The highest BCUT2D eigenvalue weighted by Gasteiger charge is 2.40. The average Bonchev–Trinajstić information content (AvgIpc) is 3.44. The molecule has 6 rings (SSSR count). The van der Waals surface area contributed by atoms with Gasteiger partial charge in [-0.15, -0.1) is 0 Å². The van der Waals surface area contributed by atoms with Crippen LogP contribution in [0.5, 0.6) is 34.5 Å². The number of unbranched alkanes of at least 4 members (excludes halogenated alkanes) is 15. The number of nitrogens with zero attached hydrogens (tertiary/aromatic N) is 3. The monoisotopic (exact) mass is 1110 g/mol. The zero-order valence-electron chi connectivity index (χ0n) is 46.9. The number of morpholine rings is 3. The highest BCUT2D eigenvalue weighted by molar-refractivity contribution is 5.88. The van der Waals surface area contributed by atoms with Crippen molar-refractivity contribution in [1.29, 1.82) is 0 Å². The van der Waals surface area contributed by atoms with Gasteiger partial charge in [0.25, 0.3) is 0 Å². The quantitative estimate of drug-likeness (QED) is 0.0271. The second-order valence-electron chi connectivity index (χ2n) is 20.2. The number of carboxylic acids is 3. The minimum absolute atomic E-state index is 0.227. The van der Waals surface area contributed by atoms with Crippen molar-refractivity contribution in [3.8, 4) is 34.5 Å². The lowest BCUT2D eigenvalue weighted by Gasteiger charge is -2.26. The van der Waals surface area contributed by atoms with E-state index in [1.165, 1.54) is 116 Å². The molecule has 0 amide bonds. The van der Waals surface area contributed by atoms with Crippen LogP contribution in [-0.4, -0.2) is 192 Å². The van der Waals surface area contributed by atoms with Crippen LogP contribution in [0.4, 0.5) is 0 Å². The summed E-state index contributed by atoms with van der Waals surface area (Å²) in [6.07, 6.45) is 20.1. The first-order valence-electron chi connectivity index (χ1n) is 28.9. The van der Waals surface area contributed by atoms with Crippen LogP contribution in [0.1, 0.15) is 128 Å². The van der Waals surface area contributed by atoms with E-state index in [-0.39, 0.29) is 17.2 Å². The molecule has 3 aliphatic rings. The molecule has 3 aliphatic heterocycles. The smallest absolute Gasteiger partial charge is 0.336 e. The standard InChI is InChI=1S/3C18H29NO3.C6H8O7/c3*20-17-9-5-6-10-18(17)22-14-8-4-2-1-3-7-11-19-12-15-21-16-13-19;7-3(8)1-6(13,5(11)12)2-4(9)10/h3*5-6,9-10,20H,1-4,7-8,11-16H2;13H,1-2H2,(H,7,8)(H,9,10)(H,11,12). The molecular formula is C60H95N3O16. The first-order valence-corrected chi connectivity index (χ1v) is 28.9. The number of aromatic hydroxyl groups is 3. The third kappa shape index (κ3) is 33.7. The fourth-order valence-corrected chi connectivity index (χ4v) is 8.91. The zero-order valence-corrected chi connectivity index (χ0v) is 46.9. The van der Waals surface area contributed by atoms with Crippen molar-refractivity contribution < 1.29 is 78.6 Å². The SMILES string of the molecule is O=C(O)CC(O)(CC(=O)O)C(=O)O.Oc1ccccc1OCCCCCCCCN1CCOCC1.Oc1ccccc1OCCCCCCCCN1CCOCC1.Oc1ccccc1OCCCCCCCCN1CCOCC1. The maximum Gasteiger partial charge on any atom is 0.336 e. The van der Waals surface area contributed by atoms with Crippen LogP contribution < -0.4 is 14.2 Å². The summed E-state index contributed by atoms with van der Waals surface area (Å²) in [5.74, 6) is -2.56. The van der Waals surface area contributed by atoms with E-state index < -0.39 is 36.4 Å². The minimum Gasteiger partial charge on any atom is -0.504 e. The number of carboxylic acid groups (broad SMARTS) is 3. The normalized spacial score (nSPS) is 15.0. The maximum atomic E-state index is 10.3. The van der Waals surface area contributed by atoms with E-state index in [0.29, 0.717) is 37.1 Å². The molecule has 7 N–H and O–H groups in total. The topological polar surface area (TPSA) is 258 Å². The number of benzene rings is 3. The Labute approximate surface area is 469 Å². The summed E-state index contributed by atoms with van der Waals surface area (Å²) in [6, 6.07) is 21.4. The molecule has 0 aromatic heterocycles. The summed E-state index contributed by atoms with van der Waals surface area (Å²) in [5, 5.41) is 62.6. The van der Waals surface area contributed by atoms with Gasteiger partial charge in [-0.25, -0.2) is 4.79 Å². The fraction of sp³-hybridized carbons (Fsp3) is 0.650. The van der Waals surface area contributed by atoms with Crippen LogP contribution in [0.2, 0.25) is 0 Å². The lowest BCUT2D eigenvalue weighted by molar-refractivity contribution is -0.170. The number of para-hydroxylation sites is 6. The second-order valence-corrected chi connectivity index (χ2v) is 20.2. The largest absolute Gasteiger partial charge is 0.504 e. The molecular weight excluding hydrogens is 1020 g/mol. The van der Waals surface area contributed by atoms with Crippen LogP contribution in [0.3, 0.4) is 0 Å². The number of aliphatic carboxylic acids is 3. The molecule has 0 saturated carbocycles. The third-order valence-corrected chi connectivity index (χ3v) is 13.6. The van der Waals surface area contributed by atoms with Crippen LogP contribution >= 0.6 is 0 Å². The molecule has 0 unspecified atom stereocenters. The molecule has 0 radical (unpaired) electrons. The summed E-state index contributed by atoms with van der Waals surface area (Å²) >= 11 is 0. The number of rotatable bonds is 35. The molecule has 3 heterocycles. The highest BCUT2D eigenvalue weighted by atomic mass is 16.5. The first kappa shape index (κ1) is 67.9. The molecule has 3 saturated heterocycles. The van der Waals surface area contributed by atoms with Gasteiger partial charge in [-0.3, -0.25) is 24.3 Å². The molecule has 0 atom stereocenters. The molecule has 0 aliphatic carbocycles. The molecule has 0 spiro atoms. The summed E-state index contributed by atoms with van der Waals surface area (Å²) in [5.41, 5.74) is -2.74. The molecule has 0 bridgehead atoms. The number of ether oxygens (including phenoxy) is 6. The second kappa shape index (κ2) is 43.4. The van der Waals surface area contributed by atoms with E-state index in [4.69, 9.17) is 48.8 Å². The van der Waals surface area contributed by atoms with Crippen molar-refractivity contribution in [2.75, 3.05) is 118 Å². The minimum atomic E-state index is -2.74. The molecule has 19 nitrogen and oxygen atoms in total. The number of phenols is 3. The predicted octanol–water partition coefficient (Wildman–Crippen LogP) is 9.08. The Hall–Kier alpha value is -5.41. The Morgan fingerprint density at radius 1 is 0.392 bits per heavy atom. The summed E-state index contributed by atoms with van der Waals surface area (Å²) in [6.45, 7) is 17.7. The van der Waals surface area contributed by atoms with Crippen LogP contribution in [0.15, 0.2) is 72.8 Å². The Bertz CT molecular complexity index is 1830. The van der Waals surface area contributed by atoms with Crippen molar-refractivity contribution in [2.24, 2.45) is 0 Å². The van der Waals surface area contributed by atoms with E-state index in [1.54, 1.807) is 54.6 Å². The van der Waals surface area contributed by atoms with Crippen molar-refractivity contribution in [3.05, 3.63) is 72.8 Å². The number of aliphatic hydroxyl groups is 1. The van der Waals surface area contributed by atoms with Gasteiger partial charge in [0.05, 0.1) is 72.3 Å². The van der Waals surface area contributed by atoms with E-state index in [9.17, 15) is 29.7 Å². The van der Waals surface area contributed by atoms with Gasteiger partial charge < -0.3 is 64.2 Å². The average molecular weight is 1110 g/mol. The van der Waals surface area contributed by atoms with Gasteiger partial charge in [-0.05, 0) is 94.6 Å². The van der Waals surface area contributed by atoms with Crippen LogP contribution in [-0.2, 0) is 28.6 Å². The van der Waals surface area contributed by atoms with Gasteiger partial charge in [-0.2, -0.15) is 0 Å². The Morgan fingerprint density at radius 3 is 0.873 bits per heavy atom. The predicted molar refractivity (Wildman–Crippen MR) is 303 cm³/mol. The molecule has 446 valence electrons. The van der Waals surface area contributed by atoms with E-state index in [2.05, 4.69) is 14.7 Å². The summed E-state index contributed by atoms with van der Waals surface area (Å²) < 4.78 is 32.8. The molecule has 3 aromatic carbocycles. The van der Waals surface area contributed by atoms with Crippen molar-refractivity contribution in [1.82, 2.24) is 14.7 Å². The van der Waals surface area contributed by atoms with Crippen molar-refractivity contribution in [2.45, 2.75) is 134 Å². The molecule has 19 heteroatoms.